The minimum atomic E-state index is -2.52. The summed E-state index contributed by atoms with van der Waals surface area (Å²) >= 11 is 0. The largest absolute Gasteiger partial charge is 0.483 e. The number of carbonyl (C=O) groups excluding carboxylic acids is 4. The number of unbranched alkanes of at least 4 members (excludes halogenated alkanes) is 4. The molecule has 2 N–H and O–H groups in total. The van der Waals surface area contributed by atoms with E-state index in [1.165, 1.54) is 6.92 Å². The molecule has 2 unspecified atom stereocenters. The lowest BCUT2D eigenvalue weighted by atomic mass is 9.75. The molecular formula is C35H52O11. The first kappa shape index (κ1) is 37.3. The van der Waals surface area contributed by atoms with Crippen LogP contribution in [0.4, 0.5) is 0 Å². The number of fused-ring (bicyclic) bond motifs is 3. The lowest BCUT2D eigenvalue weighted by Crippen LogP contribution is -2.64. The molecule has 1 saturated heterocycles. The fourth-order valence-corrected chi connectivity index (χ4v) is 6.98. The molecule has 0 aromatic heterocycles. The van der Waals surface area contributed by atoms with Gasteiger partial charge in [-0.15, -0.1) is 0 Å². The van der Waals surface area contributed by atoms with Gasteiger partial charge in [0.05, 0.1) is 5.92 Å². The van der Waals surface area contributed by atoms with Crippen molar-refractivity contribution < 1.29 is 53.1 Å². The van der Waals surface area contributed by atoms with Crippen LogP contribution in [0.25, 0.3) is 0 Å². The number of hydrogen-bond donors (Lipinski definition) is 2. The molecule has 8 atom stereocenters. The Morgan fingerprint density at radius 2 is 1.61 bits per heavy atom. The zero-order valence-corrected chi connectivity index (χ0v) is 28.6. The van der Waals surface area contributed by atoms with Crippen molar-refractivity contribution in [1.82, 2.24) is 0 Å². The molecule has 1 heterocycles. The summed E-state index contributed by atoms with van der Waals surface area (Å²) in [6, 6.07) is 0. The van der Waals surface area contributed by atoms with E-state index in [0.29, 0.717) is 24.2 Å². The van der Waals surface area contributed by atoms with Crippen LogP contribution in [0.1, 0.15) is 113 Å². The molecule has 258 valence electrons. The van der Waals surface area contributed by atoms with Crippen molar-refractivity contribution in [2.24, 2.45) is 5.92 Å². The summed E-state index contributed by atoms with van der Waals surface area (Å²) in [6.07, 6.45) is 1.41. The zero-order valence-electron chi connectivity index (χ0n) is 28.6. The van der Waals surface area contributed by atoms with E-state index >= 15 is 0 Å². The Hall–Kier alpha value is -3.18. The summed E-state index contributed by atoms with van der Waals surface area (Å²) in [4.78, 5) is 52.1. The van der Waals surface area contributed by atoms with Crippen molar-refractivity contribution in [2.45, 2.75) is 154 Å². The van der Waals surface area contributed by atoms with Crippen LogP contribution in [0.2, 0.25) is 0 Å². The van der Waals surface area contributed by atoms with Gasteiger partial charge in [0.1, 0.15) is 17.5 Å². The fourth-order valence-electron chi connectivity index (χ4n) is 6.98. The number of aliphatic hydroxyl groups is 2. The van der Waals surface area contributed by atoms with Gasteiger partial charge in [-0.05, 0) is 64.2 Å². The van der Waals surface area contributed by atoms with E-state index in [1.807, 2.05) is 19.9 Å². The monoisotopic (exact) mass is 648 g/mol. The molecule has 1 aliphatic heterocycles. The highest BCUT2D eigenvalue weighted by Crippen LogP contribution is 2.57. The van der Waals surface area contributed by atoms with E-state index < -0.39 is 71.0 Å². The van der Waals surface area contributed by atoms with Crippen LogP contribution in [0.5, 0.6) is 0 Å². The topological polar surface area (TPSA) is 155 Å². The van der Waals surface area contributed by atoms with Gasteiger partial charge in [0.15, 0.2) is 29.5 Å². The van der Waals surface area contributed by atoms with Crippen molar-refractivity contribution in [3.05, 3.63) is 35.1 Å². The van der Waals surface area contributed by atoms with Gasteiger partial charge < -0.3 is 33.9 Å². The van der Waals surface area contributed by atoms with E-state index in [1.54, 1.807) is 20.8 Å². The molecule has 3 aliphatic rings. The standard InChI is InChI=1S/C35H52O11/c1-10-13-14-15-16-18-26(38)44-30-28-27(21(5)29(30)42-22(6)20(4)12-3)31-35(41,34(9,40)32(39)45-31)24(43-25(37)17-11-2)19-33(28,8)46-23(7)36/h12,24,28-31,40-41H,6,10-11,13-19H2,1-5,7-9H3/b20-12+/t24-,28?,29?,30+,31+,33-,34-,35-/m0/s1. The summed E-state index contributed by atoms with van der Waals surface area (Å²) in [5.74, 6) is -3.70. The van der Waals surface area contributed by atoms with Gasteiger partial charge in [-0.1, -0.05) is 52.2 Å². The minimum Gasteiger partial charge on any atom is -0.483 e. The molecule has 46 heavy (non-hydrogen) atoms. The quantitative estimate of drug-likeness (QED) is 0.0659. The van der Waals surface area contributed by atoms with Crippen LogP contribution < -0.4 is 0 Å². The molecule has 0 spiro atoms. The Bertz CT molecular complexity index is 1260. The fraction of sp³-hybridized carbons (Fsp3) is 0.714. The van der Waals surface area contributed by atoms with Gasteiger partial charge in [-0.3, -0.25) is 14.4 Å². The van der Waals surface area contributed by atoms with Gasteiger partial charge in [-0.2, -0.15) is 0 Å². The van der Waals surface area contributed by atoms with Crippen LogP contribution in [0.15, 0.2) is 35.1 Å². The van der Waals surface area contributed by atoms with E-state index in [0.717, 1.165) is 38.2 Å². The predicted octanol–water partition coefficient (Wildman–Crippen LogP) is 4.92. The molecule has 2 fully saturated rings. The van der Waals surface area contributed by atoms with Gasteiger partial charge in [0, 0.05) is 26.2 Å². The molecular weight excluding hydrogens is 596 g/mol. The Morgan fingerprint density at radius 1 is 0.978 bits per heavy atom. The van der Waals surface area contributed by atoms with E-state index in [-0.39, 0.29) is 24.8 Å². The number of carbonyl (C=O) groups is 4. The molecule has 2 aliphatic carbocycles. The molecule has 11 nitrogen and oxygen atoms in total. The number of ether oxygens (including phenoxy) is 5. The van der Waals surface area contributed by atoms with Crippen molar-refractivity contribution in [1.29, 1.82) is 0 Å². The van der Waals surface area contributed by atoms with Crippen LogP contribution in [-0.4, -0.2) is 75.3 Å². The summed E-state index contributed by atoms with van der Waals surface area (Å²) in [5, 5.41) is 23.9. The summed E-state index contributed by atoms with van der Waals surface area (Å²) < 4.78 is 30.0. The molecule has 0 bridgehead atoms. The molecule has 3 rings (SSSR count). The molecule has 0 amide bonds. The van der Waals surface area contributed by atoms with E-state index in [2.05, 4.69) is 13.5 Å². The second-order valence-corrected chi connectivity index (χ2v) is 13.2. The number of hydrogen-bond acceptors (Lipinski definition) is 11. The first-order valence-electron chi connectivity index (χ1n) is 16.4. The highest BCUT2D eigenvalue weighted by atomic mass is 16.6. The van der Waals surface area contributed by atoms with Crippen molar-refractivity contribution in [2.75, 3.05) is 0 Å². The third-order valence-electron chi connectivity index (χ3n) is 9.67. The Labute approximate surface area is 272 Å². The van der Waals surface area contributed by atoms with Gasteiger partial charge in [0.2, 0.25) is 0 Å². The third kappa shape index (κ3) is 7.05. The summed E-state index contributed by atoms with van der Waals surface area (Å²) in [5.41, 5.74) is -5.21. The van der Waals surface area contributed by atoms with Crippen molar-refractivity contribution in [3.63, 3.8) is 0 Å². The Morgan fingerprint density at radius 3 is 2.20 bits per heavy atom. The SMILES string of the molecule is C=C(OC1C(C)=C2C([C@H]1OC(=O)CCCCCCC)[C@@](C)(OC(C)=O)C[C@H](OC(=O)CCC)[C@]1(O)[C@@H]2OC(=O)[C@]1(C)O)/C(C)=C/C. The maximum absolute atomic E-state index is 13.4. The molecule has 0 aromatic rings. The normalized spacial score (nSPS) is 33.8. The van der Waals surface area contributed by atoms with Crippen molar-refractivity contribution in [3.8, 4) is 0 Å². The number of rotatable bonds is 14. The van der Waals surface area contributed by atoms with Crippen LogP contribution in [0, 0.1) is 5.92 Å². The van der Waals surface area contributed by atoms with Crippen LogP contribution in [0.3, 0.4) is 0 Å². The first-order chi connectivity index (χ1) is 21.5. The summed E-state index contributed by atoms with van der Waals surface area (Å²) in [7, 11) is 0. The lowest BCUT2D eigenvalue weighted by Gasteiger charge is -2.42. The average Bonchev–Trinajstić information content (AvgIpc) is 3.30. The minimum absolute atomic E-state index is 0.00441. The average molecular weight is 649 g/mol. The Balaban J connectivity index is 2.23. The van der Waals surface area contributed by atoms with E-state index in [9.17, 15) is 29.4 Å². The van der Waals surface area contributed by atoms with Gasteiger partial charge in [0.25, 0.3) is 0 Å². The third-order valence-corrected chi connectivity index (χ3v) is 9.67. The van der Waals surface area contributed by atoms with Gasteiger partial charge in [-0.25, -0.2) is 4.79 Å². The molecule has 0 radical (unpaired) electrons. The smallest absolute Gasteiger partial charge is 0.341 e. The predicted molar refractivity (Wildman–Crippen MR) is 168 cm³/mol. The maximum atomic E-state index is 13.4. The number of esters is 4. The van der Waals surface area contributed by atoms with Crippen LogP contribution in [-0.2, 0) is 42.9 Å². The highest BCUT2D eigenvalue weighted by molar-refractivity contribution is 5.85. The zero-order chi connectivity index (χ0) is 34.6. The lowest BCUT2D eigenvalue weighted by molar-refractivity contribution is -0.211. The maximum Gasteiger partial charge on any atom is 0.341 e. The molecule has 1 saturated carbocycles. The second kappa shape index (κ2) is 14.7. The molecule has 11 heteroatoms. The Kier molecular flexibility index (Phi) is 11.9. The second-order valence-electron chi connectivity index (χ2n) is 13.2. The molecule has 0 aromatic carbocycles. The first-order valence-corrected chi connectivity index (χ1v) is 16.4. The van der Waals surface area contributed by atoms with Crippen LogP contribution >= 0.6 is 0 Å². The van der Waals surface area contributed by atoms with E-state index in [4.69, 9.17) is 23.7 Å². The number of allylic oxidation sites excluding steroid dienone is 2. The van der Waals surface area contributed by atoms with Crippen molar-refractivity contribution >= 4 is 23.9 Å². The summed E-state index contributed by atoms with van der Waals surface area (Å²) in [6.45, 7) is 17.1. The van der Waals surface area contributed by atoms with Gasteiger partial charge >= 0.3 is 23.9 Å². The highest BCUT2D eigenvalue weighted by Gasteiger charge is 2.76.